The summed E-state index contributed by atoms with van der Waals surface area (Å²) in [7, 11) is -4.31. The van der Waals surface area contributed by atoms with Crippen molar-refractivity contribution in [2.45, 2.75) is 4.90 Å². The summed E-state index contributed by atoms with van der Waals surface area (Å²) < 4.78 is 31.1. The molecule has 0 unspecified atom stereocenters. The van der Waals surface area contributed by atoms with Crippen molar-refractivity contribution in [3.63, 3.8) is 0 Å². The zero-order chi connectivity index (χ0) is 11.1. The molecule has 0 atom stereocenters. The maximum absolute atomic E-state index is 11.0. The number of aromatic hydroxyl groups is 1. The fraction of sp³-hybridized carbons (Fsp3) is 0. The zero-order valence-electron chi connectivity index (χ0n) is 8.58. The normalized spacial score (nSPS) is 11.1. The van der Waals surface area contributed by atoms with E-state index in [2.05, 4.69) is 0 Å². The molecule has 1 radical (unpaired) electrons. The molecule has 0 aliphatic rings. The summed E-state index contributed by atoms with van der Waals surface area (Å²) in [6, 6.07) is 9.04. The van der Waals surface area contributed by atoms with Crippen molar-refractivity contribution < 1.29 is 18.1 Å². The predicted octanol–water partition coefficient (Wildman–Crippen LogP) is 1.41. The van der Waals surface area contributed by atoms with Crippen LogP contribution in [0, 0.1) is 0 Å². The van der Waals surface area contributed by atoms with Gasteiger partial charge < -0.3 is 5.11 Å². The Bertz CT molecular complexity index is 617. The van der Waals surface area contributed by atoms with Crippen LogP contribution < -0.4 is 0 Å². The first kappa shape index (κ1) is 13.5. The van der Waals surface area contributed by atoms with E-state index in [0.29, 0.717) is 5.39 Å². The van der Waals surface area contributed by atoms with Gasteiger partial charge >= 0.3 is 0 Å². The Morgan fingerprint density at radius 3 is 2.12 bits per heavy atom. The van der Waals surface area contributed by atoms with Gasteiger partial charge in [0.2, 0.25) is 0 Å². The number of fused-ring (bicyclic) bond motifs is 1. The second-order valence-electron chi connectivity index (χ2n) is 3.11. The van der Waals surface area contributed by atoms with Gasteiger partial charge in [-0.25, -0.2) is 0 Å². The molecule has 0 saturated heterocycles. The summed E-state index contributed by atoms with van der Waals surface area (Å²) in [5.41, 5.74) is 0. The molecule has 2 N–H and O–H groups in total. The van der Waals surface area contributed by atoms with Gasteiger partial charge in [-0.2, -0.15) is 8.42 Å². The molecule has 0 amide bonds. The minimum atomic E-state index is -4.31. The van der Waals surface area contributed by atoms with Crippen molar-refractivity contribution in [1.29, 1.82) is 0 Å². The van der Waals surface area contributed by atoms with Crippen LogP contribution in [0.15, 0.2) is 41.3 Å². The first-order valence-corrected chi connectivity index (χ1v) is 5.62. The van der Waals surface area contributed by atoms with E-state index in [0.717, 1.165) is 0 Å². The van der Waals surface area contributed by atoms with Gasteiger partial charge in [0.25, 0.3) is 10.1 Å². The summed E-state index contributed by atoms with van der Waals surface area (Å²) in [6.07, 6.45) is 0. The Morgan fingerprint density at radius 1 is 1.00 bits per heavy atom. The number of benzene rings is 2. The molecule has 0 aromatic heterocycles. The first-order chi connectivity index (χ1) is 7.00. The van der Waals surface area contributed by atoms with Crippen LogP contribution in [0.25, 0.3) is 10.8 Å². The molecule has 0 fully saturated rings. The van der Waals surface area contributed by atoms with Crippen LogP contribution in [0.5, 0.6) is 5.75 Å². The Labute approximate surface area is 115 Å². The van der Waals surface area contributed by atoms with Crippen LogP contribution in [0.3, 0.4) is 0 Å². The molecule has 0 spiro atoms. The number of phenols is 1. The third-order valence-electron chi connectivity index (χ3n) is 2.12. The van der Waals surface area contributed by atoms with E-state index in [1.165, 1.54) is 18.2 Å². The van der Waals surface area contributed by atoms with E-state index in [-0.39, 0.29) is 45.6 Å². The molecule has 0 heterocycles. The quantitative estimate of drug-likeness (QED) is 0.590. The van der Waals surface area contributed by atoms with Crippen LogP contribution in [0.1, 0.15) is 0 Å². The summed E-state index contributed by atoms with van der Waals surface area (Å²) in [4.78, 5) is -0.280. The van der Waals surface area contributed by atoms with Gasteiger partial charge in [-0.1, -0.05) is 24.3 Å². The second-order valence-corrected chi connectivity index (χ2v) is 4.50. The van der Waals surface area contributed by atoms with Gasteiger partial charge in [-0.15, -0.1) is 0 Å². The fourth-order valence-corrected chi connectivity index (χ4v) is 2.23. The summed E-state index contributed by atoms with van der Waals surface area (Å²) in [5, 5.41) is 10.2. The average molecular weight is 247 g/mol. The smallest absolute Gasteiger partial charge is 0.295 e. The van der Waals surface area contributed by atoms with Crippen LogP contribution >= 0.6 is 0 Å². The maximum Gasteiger partial charge on any atom is 0.295 e. The van der Waals surface area contributed by atoms with E-state index in [1.807, 2.05) is 0 Å². The molecule has 0 aliphatic heterocycles. The van der Waals surface area contributed by atoms with Crippen LogP contribution in [0.4, 0.5) is 0 Å². The van der Waals surface area contributed by atoms with Gasteiger partial charge in [0.05, 0.1) is 0 Å². The van der Waals surface area contributed by atoms with Gasteiger partial charge in [0.1, 0.15) is 10.6 Å². The van der Waals surface area contributed by atoms with Crippen molar-refractivity contribution >= 4 is 50.4 Å². The predicted molar refractivity (Wildman–Crippen MR) is 61.2 cm³/mol. The summed E-state index contributed by atoms with van der Waals surface area (Å²) in [6.45, 7) is 0. The van der Waals surface area contributed by atoms with E-state index in [4.69, 9.17) is 4.55 Å². The Kier molecular flexibility index (Phi) is 3.98. The fourth-order valence-electron chi connectivity index (χ4n) is 1.50. The van der Waals surface area contributed by atoms with Gasteiger partial charge in [0.15, 0.2) is 0 Å². The zero-order valence-corrected chi connectivity index (χ0v) is 11.4. The third-order valence-corrected chi connectivity index (χ3v) is 3.02. The van der Waals surface area contributed by atoms with Gasteiger partial charge in [-0.05, 0) is 17.5 Å². The first-order valence-electron chi connectivity index (χ1n) is 4.18. The van der Waals surface area contributed by atoms with Crippen LogP contribution in [0.2, 0.25) is 0 Å². The molecule has 6 heteroatoms. The summed E-state index contributed by atoms with van der Waals surface area (Å²) in [5.74, 6) is -0.166. The molecule has 2 aromatic rings. The van der Waals surface area contributed by atoms with Gasteiger partial charge in [-0.3, -0.25) is 4.55 Å². The second kappa shape index (κ2) is 4.73. The van der Waals surface area contributed by atoms with E-state index in [1.54, 1.807) is 18.2 Å². The molecule has 0 aliphatic carbocycles. The molecule has 0 saturated carbocycles. The minimum absolute atomic E-state index is 0. The number of rotatable bonds is 1. The minimum Gasteiger partial charge on any atom is -0.507 e. The largest absolute Gasteiger partial charge is 0.507 e. The topological polar surface area (TPSA) is 74.6 Å². The molecular weight excluding hydrogens is 239 g/mol. The molecule has 4 nitrogen and oxygen atoms in total. The van der Waals surface area contributed by atoms with Crippen molar-refractivity contribution in [1.82, 2.24) is 0 Å². The maximum atomic E-state index is 11.0. The van der Waals surface area contributed by atoms with E-state index < -0.39 is 10.1 Å². The van der Waals surface area contributed by atoms with Crippen LogP contribution in [-0.2, 0) is 10.1 Å². The standard InChI is InChI=1S/C10H8O4S.Na/c11-8-5-1-3-7-4-2-6-9(10(7)8)15(12,13)14;/h1-6,11H,(H,12,13,14);. The molecular formula is C10H8NaO4S. The summed E-state index contributed by atoms with van der Waals surface area (Å²) >= 11 is 0. The Balaban J connectivity index is 0.00000128. The SMILES string of the molecule is O=S(=O)(O)c1cccc2cccc(O)c12.[Na]. The van der Waals surface area contributed by atoms with Gasteiger partial charge in [0, 0.05) is 34.9 Å². The van der Waals surface area contributed by atoms with E-state index >= 15 is 0 Å². The van der Waals surface area contributed by atoms with Crippen molar-refractivity contribution in [3.8, 4) is 5.75 Å². The van der Waals surface area contributed by atoms with Crippen molar-refractivity contribution in [2.24, 2.45) is 0 Å². The molecule has 0 bridgehead atoms. The Morgan fingerprint density at radius 2 is 1.56 bits per heavy atom. The molecule has 16 heavy (non-hydrogen) atoms. The number of hydrogen-bond acceptors (Lipinski definition) is 3. The van der Waals surface area contributed by atoms with Crippen molar-refractivity contribution in [2.75, 3.05) is 0 Å². The van der Waals surface area contributed by atoms with E-state index in [9.17, 15) is 13.5 Å². The monoisotopic (exact) mass is 247 g/mol. The Hall–Kier alpha value is -0.590. The van der Waals surface area contributed by atoms with Crippen LogP contribution in [-0.4, -0.2) is 47.6 Å². The number of hydrogen-bond donors (Lipinski definition) is 2. The molecule has 2 aromatic carbocycles. The van der Waals surface area contributed by atoms with Crippen molar-refractivity contribution in [3.05, 3.63) is 36.4 Å². The molecule has 2 rings (SSSR count). The average Bonchev–Trinajstić information content (AvgIpc) is 2.16. The number of phenolic OH excluding ortho intramolecular Hbond substituents is 1. The third kappa shape index (κ3) is 2.39. The molecule has 79 valence electrons.